The van der Waals surface area contributed by atoms with Gasteiger partial charge >= 0.3 is 114 Å². The fraction of sp³-hybridized carbons (Fsp3) is 0. The van der Waals surface area contributed by atoms with Crippen molar-refractivity contribution in [1.29, 1.82) is 0 Å². The molecule has 0 saturated carbocycles. The van der Waals surface area contributed by atoms with Crippen LogP contribution in [0.1, 0.15) is 5.56 Å². The van der Waals surface area contributed by atoms with Crippen LogP contribution in [-0.4, -0.2) is 11.9 Å². The third kappa shape index (κ3) is 2.70. The van der Waals surface area contributed by atoms with Gasteiger partial charge in [-0.15, -0.1) is 0 Å². The molecule has 2 rings (SSSR count). The van der Waals surface area contributed by atoms with Crippen LogP contribution in [0, 0.1) is 0 Å². The van der Waals surface area contributed by atoms with Gasteiger partial charge in [-0.05, 0) is 0 Å². The summed E-state index contributed by atoms with van der Waals surface area (Å²) in [6.07, 6.45) is 1.91. The van der Waals surface area contributed by atoms with E-state index >= 15 is 0 Å². The summed E-state index contributed by atoms with van der Waals surface area (Å²) in [6.45, 7) is 0. The Kier molecular flexibility index (Phi) is 3.66. The Morgan fingerprint density at radius 2 is 1.83 bits per heavy atom. The molecule has 3 amide bonds. The minimum absolute atomic E-state index is 0.401. The summed E-state index contributed by atoms with van der Waals surface area (Å²) in [5, 5.41) is 2.11. The molecule has 0 spiro atoms. The van der Waals surface area contributed by atoms with Crippen molar-refractivity contribution in [1.82, 2.24) is 5.32 Å². The maximum atomic E-state index is 11.8. The van der Waals surface area contributed by atoms with Crippen LogP contribution in [0.3, 0.4) is 0 Å². The minimum atomic E-state index is -0.830. The number of urea groups is 1. The van der Waals surface area contributed by atoms with Crippen LogP contribution in [0.15, 0.2) is 38.0 Å². The van der Waals surface area contributed by atoms with E-state index in [1.807, 2.05) is 22.3 Å². The number of primary amides is 1. The summed E-state index contributed by atoms with van der Waals surface area (Å²) in [7, 11) is 0. The van der Waals surface area contributed by atoms with Gasteiger partial charge in [0.05, 0.1) is 0 Å². The number of carbonyl (C=O) groups is 2. The zero-order chi connectivity index (χ0) is 13.1. The first-order valence-electron chi connectivity index (χ1n) is 5.12. The molecule has 0 aliphatic carbocycles. The van der Waals surface area contributed by atoms with Gasteiger partial charge in [0.2, 0.25) is 0 Å². The van der Waals surface area contributed by atoms with Crippen LogP contribution in [0.5, 0.6) is 0 Å². The van der Waals surface area contributed by atoms with Gasteiger partial charge in [0.1, 0.15) is 0 Å². The van der Waals surface area contributed by atoms with Crippen molar-refractivity contribution < 1.29 is 9.59 Å². The second-order valence-corrected chi connectivity index (χ2v) is 6.22. The third-order valence-corrected chi connectivity index (χ3v) is 4.94. The molecule has 5 N–H and O–H groups in total. The fourth-order valence-corrected chi connectivity index (χ4v) is 3.86. The molecule has 0 fully saturated rings. The van der Waals surface area contributed by atoms with E-state index in [2.05, 4.69) is 5.32 Å². The SMILES string of the molecule is NC(=O)NC(=O)C1=C(c2ccc(N)cc2)C=C[IH]1. The molecule has 1 aliphatic heterocycles. The number of nitrogen functional groups attached to an aromatic ring is 1. The molecule has 1 aromatic carbocycles. The Morgan fingerprint density at radius 3 is 2.44 bits per heavy atom. The number of imide groups is 1. The molecule has 0 unspecified atom stereocenters. The average molecular weight is 357 g/mol. The Morgan fingerprint density at radius 1 is 1.17 bits per heavy atom. The van der Waals surface area contributed by atoms with E-state index in [-0.39, 0.29) is 0 Å². The summed E-state index contributed by atoms with van der Waals surface area (Å²) in [5.74, 6) is -0.401. The van der Waals surface area contributed by atoms with Gasteiger partial charge in [0.25, 0.3) is 0 Å². The number of hydrogen-bond acceptors (Lipinski definition) is 3. The Hall–Kier alpha value is -1.83. The average Bonchev–Trinajstić information content (AvgIpc) is 2.78. The van der Waals surface area contributed by atoms with Crippen LogP contribution in [0.25, 0.3) is 5.57 Å². The van der Waals surface area contributed by atoms with E-state index in [1.165, 1.54) is 0 Å². The predicted octanol–water partition coefficient (Wildman–Crippen LogP) is 1.41. The maximum absolute atomic E-state index is 11.8. The second kappa shape index (κ2) is 5.21. The van der Waals surface area contributed by atoms with E-state index in [0.717, 1.165) is 11.1 Å². The molecule has 94 valence electrons. The van der Waals surface area contributed by atoms with Crippen molar-refractivity contribution in [3.8, 4) is 0 Å². The molecule has 1 heterocycles. The van der Waals surface area contributed by atoms with Crippen molar-refractivity contribution in [3.05, 3.63) is 43.6 Å². The summed E-state index contributed by atoms with van der Waals surface area (Å²) in [6, 6.07) is 6.43. The first-order chi connectivity index (χ1) is 8.58. The van der Waals surface area contributed by atoms with E-state index in [1.54, 1.807) is 12.1 Å². The summed E-state index contributed by atoms with van der Waals surface area (Å²) in [5.41, 5.74) is 13.0. The number of amides is 3. The van der Waals surface area contributed by atoms with Gasteiger partial charge < -0.3 is 0 Å². The van der Waals surface area contributed by atoms with Crippen molar-refractivity contribution in [2.75, 3.05) is 5.73 Å². The molecule has 5 nitrogen and oxygen atoms in total. The second-order valence-electron chi connectivity index (χ2n) is 3.60. The Labute approximate surface area is 114 Å². The number of carbonyl (C=O) groups excluding carboxylic acids is 2. The predicted molar refractivity (Wildman–Crippen MR) is 80.1 cm³/mol. The van der Waals surface area contributed by atoms with Crippen LogP contribution in [0.4, 0.5) is 10.5 Å². The number of halogens is 1. The molecular weight excluding hydrogens is 345 g/mol. The van der Waals surface area contributed by atoms with Gasteiger partial charge in [0.15, 0.2) is 0 Å². The molecule has 0 bridgehead atoms. The number of allylic oxidation sites excluding steroid dienone is 2. The number of anilines is 1. The summed E-state index contributed by atoms with van der Waals surface area (Å²) in [4.78, 5) is 22.5. The van der Waals surface area contributed by atoms with E-state index < -0.39 is 33.1 Å². The molecule has 0 radical (unpaired) electrons. The van der Waals surface area contributed by atoms with Crippen LogP contribution in [0.2, 0.25) is 0 Å². The van der Waals surface area contributed by atoms with Gasteiger partial charge in [-0.3, -0.25) is 0 Å². The van der Waals surface area contributed by atoms with Crippen molar-refractivity contribution >= 4 is 44.4 Å². The summed E-state index contributed by atoms with van der Waals surface area (Å²) < 4.78 is 2.65. The molecule has 0 aromatic heterocycles. The Balaban J connectivity index is 2.33. The molecular formula is C12H12IN3O2. The van der Waals surface area contributed by atoms with E-state index in [9.17, 15) is 9.59 Å². The number of nitrogens with one attached hydrogen (secondary N) is 1. The first kappa shape index (κ1) is 12.6. The van der Waals surface area contributed by atoms with Gasteiger partial charge in [-0.1, -0.05) is 0 Å². The van der Waals surface area contributed by atoms with Crippen LogP contribution in [-0.2, 0) is 4.79 Å². The van der Waals surface area contributed by atoms with Crippen LogP contribution >= 0.6 is 21.2 Å². The molecule has 6 heteroatoms. The Bertz CT molecular complexity index is 561. The van der Waals surface area contributed by atoms with Gasteiger partial charge in [-0.2, -0.15) is 0 Å². The van der Waals surface area contributed by atoms with Crippen LogP contribution < -0.4 is 16.8 Å². The van der Waals surface area contributed by atoms with Gasteiger partial charge in [-0.25, -0.2) is 0 Å². The first-order valence-corrected chi connectivity index (χ1v) is 7.63. The standard InChI is InChI=1S/C12H12IN3O2/c14-8-3-1-7(2-4-8)9-5-6-13-10(9)11(17)16-12(15)18/h1-6,13H,14H2,(H3,15,16,17,18). The van der Waals surface area contributed by atoms with Gasteiger partial charge in [0, 0.05) is 0 Å². The number of rotatable bonds is 2. The summed E-state index contributed by atoms with van der Waals surface area (Å²) >= 11 is -0.705. The van der Waals surface area contributed by atoms with E-state index in [0.29, 0.717) is 9.27 Å². The van der Waals surface area contributed by atoms with Crippen molar-refractivity contribution in [2.45, 2.75) is 0 Å². The number of nitrogens with two attached hydrogens (primary N) is 2. The zero-order valence-corrected chi connectivity index (χ0v) is 11.7. The van der Waals surface area contributed by atoms with Crippen molar-refractivity contribution in [3.63, 3.8) is 0 Å². The number of hydrogen-bond donors (Lipinski definition) is 3. The number of benzene rings is 1. The monoisotopic (exact) mass is 357 g/mol. The van der Waals surface area contributed by atoms with Crippen molar-refractivity contribution in [2.24, 2.45) is 5.73 Å². The normalized spacial score (nSPS) is 14.2. The fourth-order valence-electron chi connectivity index (χ4n) is 1.54. The quantitative estimate of drug-likeness (QED) is 0.551. The van der Waals surface area contributed by atoms with E-state index in [4.69, 9.17) is 11.5 Å². The molecule has 0 saturated heterocycles. The molecule has 1 aliphatic rings. The molecule has 0 atom stereocenters. The zero-order valence-electron chi connectivity index (χ0n) is 9.34. The molecule has 1 aromatic rings. The topological polar surface area (TPSA) is 98.2 Å². The molecule has 18 heavy (non-hydrogen) atoms. The third-order valence-electron chi connectivity index (χ3n) is 2.33.